The normalized spacial score (nSPS) is 12.5. The van der Waals surface area contributed by atoms with E-state index in [0.717, 1.165) is 31.1 Å². The molecule has 1 unspecified atom stereocenters. The summed E-state index contributed by atoms with van der Waals surface area (Å²) < 4.78 is 8.83. The average Bonchev–Trinajstić information content (AvgIpc) is 2.26. The summed E-state index contributed by atoms with van der Waals surface area (Å²) in [6.07, 6.45) is 2.36. The van der Waals surface area contributed by atoms with Crippen molar-refractivity contribution in [3.05, 3.63) is 25.6 Å². The van der Waals surface area contributed by atoms with Crippen LogP contribution in [0.25, 0.3) is 0 Å². The molecule has 1 nitrogen and oxygen atoms in total. The van der Waals surface area contributed by atoms with E-state index < -0.39 is 0 Å². The third-order valence-corrected chi connectivity index (χ3v) is 4.89. The van der Waals surface area contributed by atoms with Gasteiger partial charge < -0.3 is 4.74 Å². The lowest BCUT2D eigenvalue weighted by Crippen LogP contribution is -2.13. The molecule has 5 heteroatoms. The van der Waals surface area contributed by atoms with Crippen molar-refractivity contribution in [2.75, 3.05) is 11.9 Å². The predicted octanol–water partition coefficient (Wildman–Crippen LogP) is 6.16. The van der Waals surface area contributed by atoms with E-state index in [0.29, 0.717) is 5.92 Å². The fourth-order valence-electron chi connectivity index (χ4n) is 1.48. The molecule has 17 heavy (non-hydrogen) atoms. The lowest BCUT2D eigenvalue weighted by Gasteiger charge is -2.16. The van der Waals surface area contributed by atoms with Crippen LogP contribution in [0.4, 0.5) is 0 Å². The molecule has 0 spiro atoms. The van der Waals surface area contributed by atoms with Gasteiger partial charge in [0.15, 0.2) is 0 Å². The number of alkyl halides is 1. The maximum atomic E-state index is 5.88. The highest BCUT2D eigenvalue weighted by atomic mass is 79.9. The number of halogens is 4. The standard InChI is InChI=1S/C12H14Br4O/c1-2-3-8(6-13)7-17-12-10(15)4-9(14)5-11(12)16/h4-5,8H,2-3,6-7H2,1H3. The molecule has 0 saturated carbocycles. The number of rotatable bonds is 6. The Morgan fingerprint density at radius 1 is 1.18 bits per heavy atom. The summed E-state index contributed by atoms with van der Waals surface area (Å²) in [6.45, 7) is 2.93. The summed E-state index contributed by atoms with van der Waals surface area (Å²) >= 11 is 14.0. The van der Waals surface area contributed by atoms with Crippen molar-refractivity contribution in [3.63, 3.8) is 0 Å². The number of hydrogen-bond acceptors (Lipinski definition) is 1. The van der Waals surface area contributed by atoms with Gasteiger partial charge in [0.1, 0.15) is 5.75 Å². The summed E-state index contributed by atoms with van der Waals surface area (Å²) in [5.74, 6) is 1.43. The molecule has 0 fully saturated rings. The molecule has 0 heterocycles. The second kappa shape index (κ2) is 8.18. The van der Waals surface area contributed by atoms with Crippen molar-refractivity contribution in [2.24, 2.45) is 5.92 Å². The van der Waals surface area contributed by atoms with Crippen molar-refractivity contribution < 1.29 is 4.74 Å². The van der Waals surface area contributed by atoms with Gasteiger partial charge in [-0.05, 0) is 50.4 Å². The molecule has 96 valence electrons. The Kier molecular flexibility index (Phi) is 7.70. The fourth-order valence-corrected chi connectivity index (χ4v) is 4.48. The Bertz CT molecular complexity index is 345. The molecule has 0 saturated heterocycles. The summed E-state index contributed by atoms with van der Waals surface area (Å²) in [4.78, 5) is 0. The largest absolute Gasteiger partial charge is 0.491 e. The second-order valence-electron chi connectivity index (χ2n) is 3.82. The molecule has 0 amide bonds. The zero-order valence-electron chi connectivity index (χ0n) is 9.48. The van der Waals surface area contributed by atoms with Gasteiger partial charge in [-0.1, -0.05) is 45.2 Å². The van der Waals surface area contributed by atoms with Crippen LogP contribution in [-0.2, 0) is 0 Å². The SMILES string of the molecule is CCCC(CBr)COc1c(Br)cc(Br)cc1Br. The van der Waals surface area contributed by atoms with Crippen molar-refractivity contribution >= 4 is 63.7 Å². The fraction of sp³-hybridized carbons (Fsp3) is 0.500. The van der Waals surface area contributed by atoms with Crippen molar-refractivity contribution in [1.82, 2.24) is 0 Å². The summed E-state index contributed by atoms with van der Waals surface area (Å²) in [7, 11) is 0. The van der Waals surface area contributed by atoms with E-state index >= 15 is 0 Å². The Hall–Kier alpha value is 0.940. The molecule has 0 bridgehead atoms. The number of hydrogen-bond donors (Lipinski definition) is 0. The van der Waals surface area contributed by atoms with Gasteiger partial charge in [-0.15, -0.1) is 0 Å². The van der Waals surface area contributed by atoms with Crippen LogP contribution >= 0.6 is 63.7 Å². The molecular formula is C12H14Br4O. The molecule has 0 aliphatic heterocycles. The van der Waals surface area contributed by atoms with E-state index in [1.807, 2.05) is 12.1 Å². The van der Waals surface area contributed by atoms with Crippen LogP contribution in [0.2, 0.25) is 0 Å². The smallest absolute Gasteiger partial charge is 0.147 e. The lowest BCUT2D eigenvalue weighted by molar-refractivity contribution is 0.252. The summed E-state index contributed by atoms with van der Waals surface area (Å²) in [5.41, 5.74) is 0. The van der Waals surface area contributed by atoms with Crippen molar-refractivity contribution in [1.29, 1.82) is 0 Å². The van der Waals surface area contributed by atoms with Gasteiger partial charge >= 0.3 is 0 Å². The van der Waals surface area contributed by atoms with E-state index in [9.17, 15) is 0 Å². The average molecular weight is 494 g/mol. The van der Waals surface area contributed by atoms with Crippen molar-refractivity contribution in [2.45, 2.75) is 19.8 Å². The van der Waals surface area contributed by atoms with Gasteiger partial charge in [0.2, 0.25) is 0 Å². The summed E-state index contributed by atoms with van der Waals surface area (Å²) in [6, 6.07) is 3.98. The van der Waals surface area contributed by atoms with Crippen LogP contribution in [0.1, 0.15) is 19.8 Å². The van der Waals surface area contributed by atoms with Crippen LogP contribution < -0.4 is 4.74 Å². The van der Waals surface area contributed by atoms with Gasteiger partial charge in [0, 0.05) is 15.7 Å². The van der Waals surface area contributed by atoms with Crippen LogP contribution in [0.3, 0.4) is 0 Å². The molecule has 0 aliphatic rings. The van der Waals surface area contributed by atoms with Crippen LogP contribution in [0.15, 0.2) is 25.6 Å². The monoisotopic (exact) mass is 490 g/mol. The molecular weight excluding hydrogens is 480 g/mol. The Morgan fingerprint density at radius 3 is 2.24 bits per heavy atom. The molecule has 1 atom stereocenters. The quantitative estimate of drug-likeness (QED) is 0.431. The first kappa shape index (κ1) is 16.0. The molecule has 0 N–H and O–H groups in total. The third kappa shape index (κ3) is 5.21. The van der Waals surface area contributed by atoms with Crippen molar-refractivity contribution in [3.8, 4) is 5.75 Å². The zero-order valence-corrected chi connectivity index (χ0v) is 15.8. The van der Waals surface area contributed by atoms with Gasteiger partial charge in [0.05, 0.1) is 15.6 Å². The maximum Gasteiger partial charge on any atom is 0.147 e. The minimum atomic E-state index is 0.558. The molecule has 1 rings (SSSR count). The first-order valence-corrected chi connectivity index (χ1v) is 8.91. The van der Waals surface area contributed by atoms with E-state index in [4.69, 9.17) is 4.74 Å². The van der Waals surface area contributed by atoms with E-state index in [1.54, 1.807) is 0 Å². The molecule has 0 aliphatic carbocycles. The molecule has 0 radical (unpaired) electrons. The number of ether oxygens (including phenoxy) is 1. The minimum absolute atomic E-state index is 0.558. The topological polar surface area (TPSA) is 9.23 Å². The Labute approximate surface area is 136 Å². The Morgan fingerprint density at radius 2 is 1.76 bits per heavy atom. The minimum Gasteiger partial charge on any atom is -0.491 e. The molecule has 1 aromatic rings. The Balaban J connectivity index is 2.68. The maximum absolute atomic E-state index is 5.88. The molecule has 1 aromatic carbocycles. The zero-order chi connectivity index (χ0) is 12.8. The van der Waals surface area contributed by atoms with E-state index in [2.05, 4.69) is 70.6 Å². The van der Waals surface area contributed by atoms with Gasteiger partial charge in [0.25, 0.3) is 0 Å². The first-order valence-electron chi connectivity index (χ1n) is 5.41. The highest BCUT2D eigenvalue weighted by Gasteiger charge is 2.12. The number of benzene rings is 1. The first-order chi connectivity index (χ1) is 8.08. The van der Waals surface area contributed by atoms with E-state index in [-0.39, 0.29) is 0 Å². The second-order valence-corrected chi connectivity index (χ2v) is 7.09. The van der Waals surface area contributed by atoms with Crippen LogP contribution in [-0.4, -0.2) is 11.9 Å². The third-order valence-electron chi connectivity index (χ3n) is 2.34. The van der Waals surface area contributed by atoms with Crippen LogP contribution in [0.5, 0.6) is 5.75 Å². The molecule has 0 aromatic heterocycles. The highest BCUT2D eigenvalue weighted by molar-refractivity contribution is 9.11. The van der Waals surface area contributed by atoms with E-state index in [1.165, 1.54) is 12.8 Å². The van der Waals surface area contributed by atoms with Gasteiger partial charge in [-0.3, -0.25) is 0 Å². The predicted molar refractivity (Wildman–Crippen MR) is 87.2 cm³/mol. The summed E-state index contributed by atoms with van der Waals surface area (Å²) in [5, 5.41) is 0.979. The van der Waals surface area contributed by atoms with Gasteiger partial charge in [-0.2, -0.15) is 0 Å². The highest BCUT2D eigenvalue weighted by Crippen LogP contribution is 2.36. The van der Waals surface area contributed by atoms with Gasteiger partial charge in [-0.25, -0.2) is 0 Å². The lowest BCUT2D eigenvalue weighted by atomic mass is 10.1. The van der Waals surface area contributed by atoms with Crippen LogP contribution in [0, 0.1) is 5.92 Å².